The standard InChI is InChI=1S/C14H18O4/c1-10(5-6-15)11-3-4-13(16-2)14(7-11)18-12-8-17-9-12/h3-4,6-7,10,12H,5,8-9H2,1-2H3. The highest BCUT2D eigenvalue weighted by atomic mass is 16.6. The summed E-state index contributed by atoms with van der Waals surface area (Å²) >= 11 is 0. The third kappa shape index (κ3) is 2.82. The van der Waals surface area contributed by atoms with E-state index in [1.807, 2.05) is 25.1 Å². The molecule has 1 fully saturated rings. The van der Waals surface area contributed by atoms with Crippen molar-refractivity contribution in [2.24, 2.45) is 0 Å². The van der Waals surface area contributed by atoms with E-state index >= 15 is 0 Å². The van der Waals surface area contributed by atoms with E-state index in [1.54, 1.807) is 7.11 Å². The molecule has 4 heteroatoms. The lowest BCUT2D eigenvalue weighted by Gasteiger charge is -2.27. The van der Waals surface area contributed by atoms with Gasteiger partial charge in [0.2, 0.25) is 0 Å². The zero-order chi connectivity index (χ0) is 13.0. The fourth-order valence-corrected chi connectivity index (χ4v) is 1.83. The van der Waals surface area contributed by atoms with Crippen LogP contribution in [-0.4, -0.2) is 32.7 Å². The summed E-state index contributed by atoms with van der Waals surface area (Å²) < 4.78 is 16.2. The molecule has 1 aromatic carbocycles. The van der Waals surface area contributed by atoms with E-state index in [2.05, 4.69) is 0 Å². The molecule has 0 saturated carbocycles. The fourth-order valence-electron chi connectivity index (χ4n) is 1.83. The highest BCUT2D eigenvalue weighted by Gasteiger charge is 2.22. The Bertz CT molecular complexity index is 412. The Hall–Kier alpha value is -1.55. The van der Waals surface area contributed by atoms with Gasteiger partial charge in [0.25, 0.3) is 0 Å². The van der Waals surface area contributed by atoms with Crippen molar-refractivity contribution in [3.63, 3.8) is 0 Å². The molecule has 1 heterocycles. The van der Waals surface area contributed by atoms with Crippen LogP contribution < -0.4 is 9.47 Å². The second-order valence-electron chi connectivity index (χ2n) is 4.49. The number of hydrogen-bond donors (Lipinski definition) is 0. The molecule has 1 aromatic rings. The summed E-state index contributed by atoms with van der Waals surface area (Å²) in [6, 6.07) is 5.80. The summed E-state index contributed by atoms with van der Waals surface area (Å²) in [6.45, 7) is 3.26. The summed E-state index contributed by atoms with van der Waals surface area (Å²) in [5.74, 6) is 1.62. The second-order valence-corrected chi connectivity index (χ2v) is 4.49. The first kappa shape index (κ1) is 12.9. The smallest absolute Gasteiger partial charge is 0.162 e. The monoisotopic (exact) mass is 250 g/mol. The Morgan fingerprint density at radius 2 is 2.22 bits per heavy atom. The fraction of sp³-hybridized carbons (Fsp3) is 0.500. The van der Waals surface area contributed by atoms with E-state index in [9.17, 15) is 4.79 Å². The van der Waals surface area contributed by atoms with Gasteiger partial charge < -0.3 is 19.0 Å². The second kappa shape index (κ2) is 5.87. The van der Waals surface area contributed by atoms with Crippen molar-refractivity contribution in [2.45, 2.75) is 25.4 Å². The van der Waals surface area contributed by atoms with Gasteiger partial charge in [-0.3, -0.25) is 0 Å². The molecule has 2 rings (SSSR count). The summed E-state index contributed by atoms with van der Waals surface area (Å²) in [5, 5.41) is 0. The molecule has 1 aliphatic heterocycles. The summed E-state index contributed by atoms with van der Waals surface area (Å²) in [7, 11) is 1.62. The van der Waals surface area contributed by atoms with Crippen LogP contribution in [0.3, 0.4) is 0 Å². The lowest BCUT2D eigenvalue weighted by molar-refractivity contribution is -0.108. The number of carbonyl (C=O) groups is 1. The lowest BCUT2D eigenvalue weighted by atomic mass is 9.98. The lowest BCUT2D eigenvalue weighted by Crippen LogP contribution is -2.38. The first-order chi connectivity index (χ1) is 8.74. The minimum absolute atomic E-state index is 0.107. The van der Waals surface area contributed by atoms with Crippen LogP contribution in [-0.2, 0) is 9.53 Å². The zero-order valence-electron chi connectivity index (χ0n) is 10.7. The van der Waals surface area contributed by atoms with Gasteiger partial charge in [-0.25, -0.2) is 0 Å². The maximum Gasteiger partial charge on any atom is 0.162 e. The van der Waals surface area contributed by atoms with Crippen molar-refractivity contribution in [3.05, 3.63) is 23.8 Å². The number of rotatable bonds is 6. The number of ether oxygens (including phenoxy) is 3. The van der Waals surface area contributed by atoms with Crippen LogP contribution >= 0.6 is 0 Å². The van der Waals surface area contributed by atoms with Crippen LogP contribution in [0, 0.1) is 0 Å². The first-order valence-corrected chi connectivity index (χ1v) is 6.10. The van der Waals surface area contributed by atoms with Gasteiger partial charge in [-0.2, -0.15) is 0 Å². The SMILES string of the molecule is COc1ccc(C(C)CC=O)cc1OC1COC1. The van der Waals surface area contributed by atoms with Crippen molar-refractivity contribution >= 4 is 6.29 Å². The molecule has 1 unspecified atom stereocenters. The van der Waals surface area contributed by atoms with Crippen LogP contribution in [0.15, 0.2) is 18.2 Å². The molecule has 0 N–H and O–H groups in total. The van der Waals surface area contributed by atoms with Gasteiger partial charge in [0.05, 0.1) is 20.3 Å². The molecule has 1 atom stereocenters. The molecule has 4 nitrogen and oxygen atoms in total. The van der Waals surface area contributed by atoms with Crippen molar-refractivity contribution in [1.82, 2.24) is 0 Å². The number of aldehydes is 1. The third-order valence-corrected chi connectivity index (χ3v) is 3.11. The maximum absolute atomic E-state index is 10.6. The number of methoxy groups -OCH3 is 1. The highest BCUT2D eigenvalue weighted by molar-refractivity contribution is 5.52. The van der Waals surface area contributed by atoms with Crippen molar-refractivity contribution in [1.29, 1.82) is 0 Å². The number of carbonyl (C=O) groups excluding carboxylic acids is 1. The maximum atomic E-state index is 10.6. The third-order valence-electron chi connectivity index (χ3n) is 3.11. The van der Waals surface area contributed by atoms with Gasteiger partial charge in [0.15, 0.2) is 11.5 Å². The topological polar surface area (TPSA) is 44.8 Å². The van der Waals surface area contributed by atoms with Gasteiger partial charge >= 0.3 is 0 Å². The van der Waals surface area contributed by atoms with E-state index in [0.29, 0.717) is 25.4 Å². The Morgan fingerprint density at radius 1 is 1.44 bits per heavy atom. The Kier molecular flexibility index (Phi) is 4.20. The van der Waals surface area contributed by atoms with Crippen molar-refractivity contribution < 1.29 is 19.0 Å². The Morgan fingerprint density at radius 3 is 2.78 bits per heavy atom. The predicted octanol–water partition coefficient (Wildman–Crippen LogP) is 2.17. The Labute approximate surface area is 107 Å². The molecule has 0 bridgehead atoms. The molecular weight excluding hydrogens is 232 g/mol. The van der Waals surface area contributed by atoms with E-state index in [0.717, 1.165) is 17.6 Å². The first-order valence-electron chi connectivity index (χ1n) is 6.10. The average molecular weight is 250 g/mol. The van der Waals surface area contributed by atoms with Crippen LogP contribution in [0.2, 0.25) is 0 Å². The van der Waals surface area contributed by atoms with Gasteiger partial charge in [0, 0.05) is 6.42 Å². The van der Waals surface area contributed by atoms with Crippen LogP contribution in [0.4, 0.5) is 0 Å². The molecule has 0 aromatic heterocycles. The quantitative estimate of drug-likeness (QED) is 0.726. The molecule has 1 aliphatic rings. The van der Waals surface area contributed by atoms with E-state index in [1.165, 1.54) is 0 Å². The largest absolute Gasteiger partial charge is 0.493 e. The van der Waals surface area contributed by atoms with Gasteiger partial charge in [-0.05, 0) is 23.6 Å². The van der Waals surface area contributed by atoms with Crippen LogP contribution in [0.1, 0.15) is 24.8 Å². The van der Waals surface area contributed by atoms with Crippen LogP contribution in [0.5, 0.6) is 11.5 Å². The zero-order valence-corrected chi connectivity index (χ0v) is 10.7. The molecule has 0 radical (unpaired) electrons. The molecule has 0 aliphatic carbocycles. The predicted molar refractivity (Wildman–Crippen MR) is 67.3 cm³/mol. The van der Waals surface area contributed by atoms with Gasteiger partial charge in [0.1, 0.15) is 12.4 Å². The van der Waals surface area contributed by atoms with Crippen molar-refractivity contribution in [3.8, 4) is 11.5 Å². The molecule has 0 amide bonds. The minimum atomic E-state index is 0.107. The summed E-state index contributed by atoms with van der Waals surface area (Å²) in [6.07, 6.45) is 1.56. The molecule has 1 saturated heterocycles. The van der Waals surface area contributed by atoms with E-state index in [4.69, 9.17) is 14.2 Å². The van der Waals surface area contributed by atoms with Crippen molar-refractivity contribution in [2.75, 3.05) is 20.3 Å². The minimum Gasteiger partial charge on any atom is -0.493 e. The van der Waals surface area contributed by atoms with Crippen LogP contribution in [0.25, 0.3) is 0 Å². The number of hydrogen-bond acceptors (Lipinski definition) is 4. The normalized spacial score (nSPS) is 16.8. The van der Waals surface area contributed by atoms with E-state index in [-0.39, 0.29) is 12.0 Å². The molecule has 98 valence electrons. The summed E-state index contributed by atoms with van der Waals surface area (Å²) in [5.41, 5.74) is 1.08. The summed E-state index contributed by atoms with van der Waals surface area (Å²) in [4.78, 5) is 10.6. The van der Waals surface area contributed by atoms with Gasteiger partial charge in [-0.1, -0.05) is 13.0 Å². The number of benzene rings is 1. The van der Waals surface area contributed by atoms with E-state index < -0.39 is 0 Å². The molecule has 18 heavy (non-hydrogen) atoms. The molecular formula is C14H18O4. The average Bonchev–Trinajstić information content (AvgIpc) is 2.34. The van der Waals surface area contributed by atoms with Gasteiger partial charge in [-0.15, -0.1) is 0 Å². The molecule has 0 spiro atoms. The Balaban J connectivity index is 2.17. The highest BCUT2D eigenvalue weighted by Crippen LogP contribution is 2.33.